The van der Waals surface area contributed by atoms with E-state index in [9.17, 15) is 5.11 Å². The molecule has 14 heavy (non-hydrogen) atoms. The number of benzene rings is 1. The molecule has 0 amide bonds. The predicted molar refractivity (Wildman–Crippen MR) is 59.1 cm³/mol. The molecule has 4 heteroatoms. The van der Waals surface area contributed by atoms with Crippen molar-refractivity contribution in [2.24, 2.45) is 5.73 Å². The molecule has 80 valence electrons. The minimum atomic E-state index is -0.130. The molecule has 0 fully saturated rings. The van der Waals surface area contributed by atoms with Gasteiger partial charge >= 0.3 is 0 Å². The molecular weight excluding hydrogens is 202 g/mol. The van der Waals surface area contributed by atoms with E-state index >= 15 is 0 Å². The Morgan fingerprint density at radius 1 is 1.50 bits per heavy atom. The molecule has 0 aliphatic heterocycles. The number of hydrogen-bond donors (Lipinski definition) is 2. The van der Waals surface area contributed by atoms with Crippen molar-refractivity contribution in [3.8, 4) is 11.5 Å². The lowest BCUT2D eigenvalue weighted by molar-refractivity contribution is 0.409. The zero-order valence-corrected chi connectivity index (χ0v) is 9.17. The highest BCUT2D eigenvalue weighted by atomic mass is 35.5. The van der Waals surface area contributed by atoms with Crippen LogP contribution in [0, 0.1) is 0 Å². The average Bonchev–Trinajstić information content (AvgIpc) is 2.17. The number of phenols is 1. The molecule has 1 rings (SSSR count). The van der Waals surface area contributed by atoms with Crippen molar-refractivity contribution in [3.05, 3.63) is 23.8 Å². The van der Waals surface area contributed by atoms with Crippen LogP contribution in [0.4, 0.5) is 0 Å². The summed E-state index contributed by atoms with van der Waals surface area (Å²) < 4.78 is 5.04. The molecule has 0 bridgehead atoms. The number of halogens is 1. The fourth-order valence-corrected chi connectivity index (χ4v) is 1.18. The van der Waals surface area contributed by atoms with Crippen molar-refractivity contribution in [1.82, 2.24) is 0 Å². The highest BCUT2D eigenvalue weighted by Gasteiger charge is 2.09. The van der Waals surface area contributed by atoms with Crippen molar-refractivity contribution in [1.29, 1.82) is 0 Å². The van der Waals surface area contributed by atoms with Gasteiger partial charge in [-0.1, -0.05) is 6.92 Å². The van der Waals surface area contributed by atoms with Crippen LogP contribution >= 0.6 is 12.4 Å². The maximum Gasteiger partial charge on any atom is 0.120 e. The van der Waals surface area contributed by atoms with E-state index in [0.29, 0.717) is 0 Å². The summed E-state index contributed by atoms with van der Waals surface area (Å²) in [7, 11) is 1.59. The molecule has 1 atom stereocenters. The van der Waals surface area contributed by atoms with Crippen LogP contribution in [-0.2, 0) is 0 Å². The molecule has 0 radical (unpaired) electrons. The molecule has 1 aromatic carbocycles. The van der Waals surface area contributed by atoms with E-state index in [1.165, 1.54) is 0 Å². The quantitative estimate of drug-likeness (QED) is 0.817. The lowest BCUT2D eigenvalue weighted by Gasteiger charge is -2.12. The Labute approximate surface area is 90.3 Å². The first-order chi connectivity index (χ1) is 6.19. The van der Waals surface area contributed by atoms with Gasteiger partial charge in [-0.3, -0.25) is 0 Å². The third kappa shape index (κ3) is 2.79. The van der Waals surface area contributed by atoms with Gasteiger partial charge in [0.25, 0.3) is 0 Å². The van der Waals surface area contributed by atoms with E-state index in [-0.39, 0.29) is 24.2 Å². The fraction of sp³-hybridized carbons (Fsp3) is 0.400. The van der Waals surface area contributed by atoms with Gasteiger partial charge in [0.05, 0.1) is 7.11 Å². The maximum absolute atomic E-state index is 9.50. The molecule has 3 nitrogen and oxygen atoms in total. The van der Waals surface area contributed by atoms with Gasteiger partial charge in [0.1, 0.15) is 11.5 Å². The second-order valence-corrected chi connectivity index (χ2v) is 2.94. The van der Waals surface area contributed by atoms with Crippen molar-refractivity contribution in [2.75, 3.05) is 7.11 Å². The summed E-state index contributed by atoms with van der Waals surface area (Å²) >= 11 is 0. The third-order valence-corrected chi connectivity index (χ3v) is 2.07. The summed E-state index contributed by atoms with van der Waals surface area (Å²) in [5.41, 5.74) is 6.54. The summed E-state index contributed by atoms with van der Waals surface area (Å²) in [6, 6.07) is 4.95. The fourth-order valence-electron chi connectivity index (χ4n) is 1.18. The molecule has 0 unspecified atom stereocenters. The Morgan fingerprint density at radius 3 is 2.64 bits per heavy atom. The zero-order chi connectivity index (χ0) is 9.84. The molecule has 0 aromatic heterocycles. The number of methoxy groups -OCH3 is 1. The summed E-state index contributed by atoms with van der Waals surface area (Å²) in [5.74, 6) is 0.951. The number of nitrogens with two attached hydrogens (primary N) is 1. The van der Waals surface area contributed by atoms with Gasteiger partial charge in [-0.15, -0.1) is 12.4 Å². The van der Waals surface area contributed by atoms with Crippen LogP contribution in [0.5, 0.6) is 11.5 Å². The van der Waals surface area contributed by atoms with Crippen LogP contribution in [0.2, 0.25) is 0 Å². The predicted octanol–water partition coefficient (Wildman–Crippen LogP) is 2.23. The Hall–Kier alpha value is -0.930. The first kappa shape index (κ1) is 13.1. The van der Waals surface area contributed by atoms with E-state index in [2.05, 4.69) is 0 Å². The Balaban J connectivity index is 0.00000169. The second-order valence-electron chi connectivity index (χ2n) is 2.94. The summed E-state index contributed by atoms with van der Waals surface area (Å²) in [5, 5.41) is 9.50. The second kappa shape index (κ2) is 5.73. The van der Waals surface area contributed by atoms with Gasteiger partial charge in [-0.25, -0.2) is 0 Å². The van der Waals surface area contributed by atoms with Crippen molar-refractivity contribution in [2.45, 2.75) is 19.4 Å². The van der Waals surface area contributed by atoms with E-state index in [0.717, 1.165) is 17.7 Å². The van der Waals surface area contributed by atoms with Crippen molar-refractivity contribution >= 4 is 12.4 Å². The highest BCUT2D eigenvalue weighted by Crippen LogP contribution is 2.28. The minimum Gasteiger partial charge on any atom is -0.508 e. The molecule has 0 saturated carbocycles. The van der Waals surface area contributed by atoms with Crippen LogP contribution in [-0.4, -0.2) is 12.2 Å². The molecule has 0 saturated heterocycles. The van der Waals surface area contributed by atoms with Crippen LogP contribution in [0.25, 0.3) is 0 Å². The third-order valence-electron chi connectivity index (χ3n) is 2.07. The molecular formula is C10H16ClNO2. The number of rotatable bonds is 3. The number of hydrogen-bond acceptors (Lipinski definition) is 3. The smallest absolute Gasteiger partial charge is 0.120 e. The van der Waals surface area contributed by atoms with E-state index in [1.54, 1.807) is 25.3 Å². The SMILES string of the molecule is CC[C@@H](N)c1cc(OC)ccc1O.Cl. The van der Waals surface area contributed by atoms with Crippen LogP contribution in [0.15, 0.2) is 18.2 Å². The van der Waals surface area contributed by atoms with Crippen molar-refractivity contribution < 1.29 is 9.84 Å². The van der Waals surface area contributed by atoms with Gasteiger partial charge in [-0.2, -0.15) is 0 Å². The molecule has 0 aliphatic rings. The largest absolute Gasteiger partial charge is 0.508 e. The topological polar surface area (TPSA) is 55.5 Å². The average molecular weight is 218 g/mol. The first-order valence-corrected chi connectivity index (χ1v) is 4.31. The summed E-state index contributed by atoms with van der Waals surface area (Å²) in [4.78, 5) is 0. The lowest BCUT2D eigenvalue weighted by atomic mass is 10.0. The van der Waals surface area contributed by atoms with E-state index < -0.39 is 0 Å². The number of ether oxygens (including phenoxy) is 1. The molecule has 0 aliphatic carbocycles. The summed E-state index contributed by atoms with van der Waals surface area (Å²) in [6.07, 6.45) is 0.792. The standard InChI is InChI=1S/C10H15NO2.ClH/c1-3-9(11)8-6-7(13-2)4-5-10(8)12;/h4-6,9,12H,3,11H2,1-2H3;1H/t9-;/m1./s1. The normalized spacial score (nSPS) is 11.6. The lowest BCUT2D eigenvalue weighted by Crippen LogP contribution is -2.08. The van der Waals surface area contributed by atoms with Crippen LogP contribution < -0.4 is 10.5 Å². The first-order valence-electron chi connectivity index (χ1n) is 4.31. The van der Waals surface area contributed by atoms with E-state index in [4.69, 9.17) is 10.5 Å². The molecule has 0 heterocycles. The van der Waals surface area contributed by atoms with E-state index in [1.807, 2.05) is 6.92 Å². The van der Waals surface area contributed by atoms with Crippen LogP contribution in [0.1, 0.15) is 24.9 Å². The molecule has 1 aromatic rings. The van der Waals surface area contributed by atoms with Gasteiger partial charge in [0, 0.05) is 11.6 Å². The van der Waals surface area contributed by atoms with Crippen molar-refractivity contribution in [3.63, 3.8) is 0 Å². The Kier molecular flexibility index (Phi) is 5.35. The number of aromatic hydroxyl groups is 1. The Morgan fingerprint density at radius 2 is 2.14 bits per heavy atom. The van der Waals surface area contributed by atoms with Gasteiger partial charge < -0.3 is 15.6 Å². The zero-order valence-electron chi connectivity index (χ0n) is 8.36. The Bertz CT molecular complexity index is 291. The minimum absolute atomic E-state index is 0. The maximum atomic E-state index is 9.50. The molecule has 0 spiro atoms. The monoisotopic (exact) mass is 217 g/mol. The van der Waals surface area contributed by atoms with Gasteiger partial charge in [0.15, 0.2) is 0 Å². The summed E-state index contributed by atoms with van der Waals surface area (Å²) in [6.45, 7) is 1.98. The molecule has 3 N–H and O–H groups in total. The van der Waals surface area contributed by atoms with Crippen LogP contribution in [0.3, 0.4) is 0 Å². The highest BCUT2D eigenvalue weighted by molar-refractivity contribution is 5.85. The van der Waals surface area contributed by atoms with Gasteiger partial charge in [0.2, 0.25) is 0 Å². The van der Waals surface area contributed by atoms with Gasteiger partial charge in [-0.05, 0) is 24.6 Å². The number of phenolic OH excluding ortho intramolecular Hbond substituents is 1.